The fourth-order valence-corrected chi connectivity index (χ4v) is 2.67. The lowest BCUT2D eigenvalue weighted by Gasteiger charge is -2.00. The van der Waals surface area contributed by atoms with Crippen molar-refractivity contribution in [1.82, 2.24) is 29.2 Å². The van der Waals surface area contributed by atoms with Gasteiger partial charge in [0.05, 0.1) is 46.7 Å². The maximum Gasteiger partial charge on any atom is 0.0906 e. The van der Waals surface area contributed by atoms with Crippen molar-refractivity contribution in [3.63, 3.8) is 0 Å². The van der Waals surface area contributed by atoms with E-state index in [9.17, 15) is 0 Å². The normalized spacial score (nSPS) is 11.5. The van der Waals surface area contributed by atoms with Crippen LogP contribution >= 0.6 is 0 Å². The van der Waals surface area contributed by atoms with Crippen molar-refractivity contribution in [3.05, 3.63) is 59.7 Å². The molecule has 0 aliphatic heterocycles. The van der Waals surface area contributed by atoms with Crippen molar-refractivity contribution in [3.8, 4) is 0 Å². The van der Waals surface area contributed by atoms with Crippen LogP contribution in [0.2, 0.25) is 0 Å². The highest BCUT2D eigenvalue weighted by Gasteiger charge is 2.12. The van der Waals surface area contributed by atoms with E-state index >= 15 is 0 Å². The molecule has 0 aromatic carbocycles. The van der Waals surface area contributed by atoms with Crippen molar-refractivity contribution in [1.29, 1.82) is 0 Å². The first-order valence-electron chi connectivity index (χ1n) is 6.80. The van der Waals surface area contributed by atoms with Gasteiger partial charge in [-0.3, -0.25) is 9.97 Å². The summed E-state index contributed by atoms with van der Waals surface area (Å²) < 4.78 is 3.72. The lowest BCUT2D eigenvalue weighted by atomic mass is 10.1. The molecule has 0 aliphatic rings. The van der Waals surface area contributed by atoms with Gasteiger partial charge < -0.3 is 0 Å². The molecule has 6 nitrogen and oxygen atoms in total. The summed E-state index contributed by atoms with van der Waals surface area (Å²) in [5, 5.41) is 8.88. The van der Waals surface area contributed by atoms with E-state index < -0.39 is 0 Å². The maximum atomic E-state index is 4.64. The van der Waals surface area contributed by atoms with Crippen molar-refractivity contribution >= 4 is 11.0 Å². The maximum absolute atomic E-state index is 4.64. The van der Waals surface area contributed by atoms with Gasteiger partial charge >= 0.3 is 0 Å². The van der Waals surface area contributed by atoms with Crippen LogP contribution in [0.4, 0.5) is 0 Å². The molecule has 4 aromatic heterocycles. The molecule has 104 valence electrons. The van der Waals surface area contributed by atoms with Gasteiger partial charge in [-0.1, -0.05) is 0 Å². The Hall–Kier alpha value is -2.76. The third-order valence-electron chi connectivity index (χ3n) is 3.75. The van der Waals surface area contributed by atoms with Gasteiger partial charge in [0.1, 0.15) is 0 Å². The van der Waals surface area contributed by atoms with E-state index in [-0.39, 0.29) is 0 Å². The Morgan fingerprint density at radius 1 is 1.10 bits per heavy atom. The van der Waals surface area contributed by atoms with Crippen LogP contribution in [0.5, 0.6) is 0 Å². The van der Waals surface area contributed by atoms with E-state index in [0.717, 1.165) is 33.7 Å². The number of rotatable bonds is 2. The van der Waals surface area contributed by atoms with Crippen molar-refractivity contribution in [2.24, 2.45) is 0 Å². The Balaban J connectivity index is 1.79. The molecule has 4 heterocycles. The summed E-state index contributed by atoms with van der Waals surface area (Å²) in [4.78, 5) is 8.81. The molecule has 4 aromatic rings. The Bertz CT molecular complexity index is 949. The highest BCUT2D eigenvalue weighted by atomic mass is 15.2. The number of aromatic nitrogens is 6. The Morgan fingerprint density at radius 3 is 2.86 bits per heavy atom. The highest BCUT2D eigenvalue weighted by Crippen LogP contribution is 2.19. The Labute approximate surface area is 121 Å². The Morgan fingerprint density at radius 2 is 2.00 bits per heavy atom. The fraction of sp³-hybridized carbons (Fsp3) is 0.200. The van der Waals surface area contributed by atoms with Crippen LogP contribution in [-0.4, -0.2) is 29.2 Å². The second-order valence-electron chi connectivity index (χ2n) is 5.13. The summed E-state index contributed by atoms with van der Waals surface area (Å²) >= 11 is 0. The number of hydrogen-bond acceptors (Lipinski definition) is 4. The summed E-state index contributed by atoms with van der Waals surface area (Å²) in [7, 11) is 0. The minimum absolute atomic E-state index is 0.683. The highest BCUT2D eigenvalue weighted by molar-refractivity contribution is 5.59. The fourth-order valence-electron chi connectivity index (χ4n) is 2.67. The molecular formula is C15H14N6. The number of nitrogens with zero attached hydrogens (tertiary/aromatic N) is 6. The van der Waals surface area contributed by atoms with Gasteiger partial charge in [-0.2, -0.15) is 10.2 Å². The average molecular weight is 278 g/mol. The summed E-state index contributed by atoms with van der Waals surface area (Å²) in [5.41, 5.74) is 6.18. The molecule has 0 saturated heterocycles. The van der Waals surface area contributed by atoms with E-state index in [1.807, 2.05) is 40.6 Å². The topological polar surface area (TPSA) is 60.4 Å². The first-order valence-corrected chi connectivity index (χ1v) is 6.80. The molecule has 0 fully saturated rings. The quantitative estimate of drug-likeness (QED) is 0.562. The van der Waals surface area contributed by atoms with Gasteiger partial charge in [0.15, 0.2) is 0 Å². The summed E-state index contributed by atoms with van der Waals surface area (Å²) in [6, 6.07) is 1.93. The number of hydrogen-bond donors (Lipinski definition) is 0. The van der Waals surface area contributed by atoms with E-state index in [0.29, 0.717) is 6.42 Å². The molecule has 4 rings (SSSR count). The van der Waals surface area contributed by atoms with Crippen molar-refractivity contribution in [2.45, 2.75) is 20.3 Å². The molecule has 0 bridgehead atoms. The zero-order valence-corrected chi connectivity index (χ0v) is 11.9. The minimum atomic E-state index is 0.683. The van der Waals surface area contributed by atoms with E-state index in [1.54, 1.807) is 12.4 Å². The molecule has 21 heavy (non-hydrogen) atoms. The van der Waals surface area contributed by atoms with Gasteiger partial charge in [0, 0.05) is 24.4 Å². The molecule has 0 aliphatic carbocycles. The zero-order valence-electron chi connectivity index (χ0n) is 11.9. The largest absolute Gasteiger partial charge is 0.258 e. The standard InChI is InChI=1S/C15H14N6/c1-10-14(19-20-6-5-16-11(2)15(10)20)7-12-9-21-13(8-17-12)3-4-18-21/h3-6,8-9H,7H2,1-2H3. The van der Waals surface area contributed by atoms with Gasteiger partial charge in [0.25, 0.3) is 0 Å². The molecule has 0 amide bonds. The predicted octanol–water partition coefficient (Wildman–Crippen LogP) is 1.98. The van der Waals surface area contributed by atoms with Crippen LogP contribution < -0.4 is 0 Å². The van der Waals surface area contributed by atoms with Crippen LogP contribution in [0.1, 0.15) is 22.6 Å². The SMILES string of the molecule is Cc1nccn2nc(Cc3cn4nccc4cn3)c(C)c12. The summed E-state index contributed by atoms with van der Waals surface area (Å²) in [6.07, 6.45) is 9.88. The molecule has 6 heteroatoms. The first kappa shape index (κ1) is 12.0. The molecule has 0 atom stereocenters. The number of aryl methyl sites for hydroxylation is 2. The van der Waals surface area contributed by atoms with E-state index in [1.165, 1.54) is 0 Å². The molecular weight excluding hydrogens is 264 g/mol. The average Bonchev–Trinajstić information content (AvgIpc) is 3.05. The van der Waals surface area contributed by atoms with E-state index in [4.69, 9.17) is 0 Å². The van der Waals surface area contributed by atoms with Crippen LogP contribution in [0.15, 0.2) is 37.1 Å². The predicted molar refractivity (Wildman–Crippen MR) is 78.3 cm³/mol. The first-order chi connectivity index (χ1) is 10.2. The Kier molecular flexibility index (Phi) is 2.50. The summed E-state index contributed by atoms with van der Waals surface area (Å²) in [6.45, 7) is 4.08. The van der Waals surface area contributed by atoms with Crippen molar-refractivity contribution < 1.29 is 0 Å². The second-order valence-corrected chi connectivity index (χ2v) is 5.13. The smallest absolute Gasteiger partial charge is 0.0906 e. The van der Waals surface area contributed by atoms with Crippen LogP contribution in [0.25, 0.3) is 11.0 Å². The molecule has 0 spiro atoms. The van der Waals surface area contributed by atoms with Gasteiger partial charge in [-0.25, -0.2) is 9.03 Å². The molecule has 0 N–H and O–H groups in total. The van der Waals surface area contributed by atoms with E-state index in [2.05, 4.69) is 27.1 Å². The lowest BCUT2D eigenvalue weighted by Crippen LogP contribution is -1.98. The molecule has 0 radical (unpaired) electrons. The second kappa shape index (κ2) is 4.37. The van der Waals surface area contributed by atoms with Gasteiger partial charge in [0.2, 0.25) is 0 Å². The lowest BCUT2D eigenvalue weighted by molar-refractivity contribution is 0.864. The number of fused-ring (bicyclic) bond motifs is 2. The van der Waals surface area contributed by atoms with Gasteiger partial charge in [-0.15, -0.1) is 0 Å². The third kappa shape index (κ3) is 1.87. The summed E-state index contributed by atoms with van der Waals surface area (Å²) in [5.74, 6) is 0. The zero-order chi connectivity index (χ0) is 14.4. The van der Waals surface area contributed by atoms with Gasteiger partial charge in [-0.05, 0) is 19.9 Å². The molecule has 0 unspecified atom stereocenters. The molecule has 0 saturated carbocycles. The van der Waals surface area contributed by atoms with Crippen LogP contribution in [0.3, 0.4) is 0 Å². The minimum Gasteiger partial charge on any atom is -0.258 e. The third-order valence-corrected chi connectivity index (χ3v) is 3.75. The van der Waals surface area contributed by atoms with Crippen LogP contribution in [-0.2, 0) is 6.42 Å². The monoisotopic (exact) mass is 278 g/mol. The van der Waals surface area contributed by atoms with Crippen molar-refractivity contribution in [2.75, 3.05) is 0 Å². The van der Waals surface area contributed by atoms with Crippen LogP contribution in [0, 0.1) is 13.8 Å².